The van der Waals surface area contributed by atoms with E-state index in [9.17, 15) is 4.79 Å². The van der Waals surface area contributed by atoms with E-state index in [2.05, 4.69) is 10.3 Å². The Labute approximate surface area is 76.7 Å². The number of carbonyl (C=O) groups is 1. The van der Waals surface area contributed by atoms with Crippen molar-refractivity contribution in [3.05, 3.63) is 11.4 Å². The third-order valence-corrected chi connectivity index (χ3v) is 1.85. The maximum atomic E-state index is 10.4. The number of rotatable bonds is 5. The molecular formula is C8H13N3O2. The summed E-state index contributed by atoms with van der Waals surface area (Å²) in [5.41, 5.74) is 1.23. The Hall–Kier alpha value is -1.23. The lowest BCUT2D eigenvalue weighted by Gasteiger charge is -2.01. The number of hydrogen-bond acceptors (Lipinski definition) is 4. The van der Waals surface area contributed by atoms with Crippen molar-refractivity contribution in [3.8, 4) is 0 Å². The second kappa shape index (κ2) is 4.71. The molecular weight excluding hydrogens is 170 g/mol. The van der Waals surface area contributed by atoms with Crippen LogP contribution in [0.1, 0.15) is 22.6 Å². The first kappa shape index (κ1) is 9.85. The van der Waals surface area contributed by atoms with E-state index >= 15 is 0 Å². The van der Waals surface area contributed by atoms with E-state index < -0.39 is 0 Å². The Kier molecular flexibility index (Phi) is 3.57. The molecule has 0 aliphatic heterocycles. The molecule has 0 radical (unpaired) electrons. The molecule has 72 valence electrons. The number of hydrogen-bond donors (Lipinski definition) is 0. The lowest BCUT2D eigenvalue weighted by Crippen LogP contribution is -2.05. The molecule has 1 heterocycles. The average Bonchev–Trinajstić information content (AvgIpc) is 2.48. The summed E-state index contributed by atoms with van der Waals surface area (Å²) in [4.78, 5) is 10.4. The fourth-order valence-corrected chi connectivity index (χ4v) is 1.05. The normalized spacial score (nSPS) is 10.3. The molecule has 0 amide bonds. The van der Waals surface area contributed by atoms with Gasteiger partial charge in [0.25, 0.3) is 0 Å². The van der Waals surface area contributed by atoms with Crippen LogP contribution in [0.3, 0.4) is 0 Å². The van der Waals surface area contributed by atoms with Crippen LogP contribution in [-0.2, 0) is 11.3 Å². The molecule has 0 bridgehead atoms. The molecule has 0 aromatic carbocycles. The first-order valence-electron chi connectivity index (χ1n) is 4.13. The molecule has 5 nitrogen and oxygen atoms in total. The van der Waals surface area contributed by atoms with Gasteiger partial charge < -0.3 is 4.74 Å². The number of aldehydes is 1. The minimum atomic E-state index is 0.414. The Morgan fingerprint density at radius 3 is 2.92 bits per heavy atom. The monoisotopic (exact) mass is 183 g/mol. The highest BCUT2D eigenvalue weighted by Crippen LogP contribution is 2.01. The number of carbonyl (C=O) groups excluding carboxylic acids is 1. The van der Waals surface area contributed by atoms with E-state index in [0.29, 0.717) is 12.3 Å². The molecule has 0 atom stereocenters. The number of aromatic nitrogens is 3. The fraction of sp³-hybridized carbons (Fsp3) is 0.625. The molecule has 0 saturated heterocycles. The number of aryl methyl sites for hydroxylation is 1. The van der Waals surface area contributed by atoms with Gasteiger partial charge in [-0.05, 0) is 13.3 Å². The quantitative estimate of drug-likeness (QED) is 0.491. The van der Waals surface area contributed by atoms with Gasteiger partial charge in [-0.1, -0.05) is 5.21 Å². The van der Waals surface area contributed by atoms with Crippen LogP contribution < -0.4 is 0 Å². The summed E-state index contributed by atoms with van der Waals surface area (Å²) >= 11 is 0. The van der Waals surface area contributed by atoms with Crippen LogP contribution in [0.25, 0.3) is 0 Å². The molecule has 5 heteroatoms. The second-order valence-corrected chi connectivity index (χ2v) is 2.75. The van der Waals surface area contributed by atoms with Crippen molar-refractivity contribution in [2.45, 2.75) is 19.9 Å². The smallest absolute Gasteiger partial charge is 0.172 e. The Balaban J connectivity index is 2.56. The zero-order valence-electron chi connectivity index (χ0n) is 7.86. The number of methoxy groups -OCH3 is 1. The van der Waals surface area contributed by atoms with Crippen LogP contribution in [-0.4, -0.2) is 35.0 Å². The van der Waals surface area contributed by atoms with Crippen molar-refractivity contribution in [2.75, 3.05) is 13.7 Å². The predicted molar refractivity (Wildman–Crippen MR) is 46.6 cm³/mol. The summed E-state index contributed by atoms with van der Waals surface area (Å²) in [5.74, 6) is 0. The van der Waals surface area contributed by atoms with Crippen LogP contribution in [0, 0.1) is 6.92 Å². The minimum absolute atomic E-state index is 0.414. The third kappa shape index (κ3) is 2.35. The van der Waals surface area contributed by atoms with Crippen LogP contribution >= 0.6 is 0 Å². The van der Waals surface area contributed by atoms with E-state index in [0.717, 1.165) is 24.9 Å². The van der Waals surface area contributed by atoms with Gasteiger partial charge in [0.1, 0.15) is 5.69 Å². The van der Waals surface area contributed by atoms with Crippen molar-refractivity contribution >= 4 is 6.29 Å². The predicted octanol–water partition coefficient (Wildman–Crippen LogP) is 0.436. The van der Waals surface area contributed by atoms with Crippen LogP contribution in [0.5, 0.6) is 0 Å². The molecule has 0 fully saturated rings. The molecule has 0 aliphatic carbocycles. The van der Waals surface area contributed by atoms with Gasteiger partial charge in [0.2, 0.25) is 0 Å². The van der Waals surface area contributed by atoms with Gasteiger partial charge >= 0.3 is 0 Å². The first-order valence-corrected chi connectivity index (χ1v) is 4.13. The van der Waals surface area contributed by atoms with Gasteiger partial charge in [-0.2, -0.15) is 0 Å². The molecule has 1 rings (SSSR count). The topological polar surface area (TPSA) is 57.0 Å². The van der Waals surface area contributed by atoms with Crippen molar-refractivity contribution in [3.63, 3.8) is 0 Å². The molecule has 0 unspecified atom stereocenters. The van der Waals surface area contributed by atoms with E-state index in [4.69, 9.17) is 4.74 Å². The van der Waals surface area contributed by atoms with Gasteiger partial charge in [0.15, 0.2) is 6.29 Å². The van der Waals surface area contributed by atoms with Gasteiger partial charge in [0, 0.05) is 20.3 Å². The summed E-state index contributed by atoms with van der Waals surface area (Å²) in [6.07, 6.45) is 1.59. The van der Waals surface area contributed by atoms with Crippen molar-refractivity contribution in [1.82, 2.24) is 15.0 Å². The van der Waals surface area contributed by atoms with Crippen molar-refractivity contribution in [1.29, 1.82) is 0 Å². The van der Waals surface area contributed by atoms with Crippen LogP contribution in [0.4, 0.5) is 0 Å². The highest BCUT2D eigenvalue weighted by Gasteiger charge is 2.05. The molecule has 0 aliphatic rings. The molecule has 13 heavy (non-hydrogen) atoms. The van der Waals surface area contributed by atoms with E-state index in [-0.39, 0.29) is 0 Å². The SMILES string of the molecule is COCCCn1nnc(C=O)c1C. The standard InChI is InChI=1S/C8H13N3O2/c1-7-8(6-12)9-10-11(7)4-3-5-13-2/h6H,3-5H2,1-2H3. The van der Waals surface area contributed by atoms with Crippen LogP contribution in [0.15, 0.2) is 0 Å². The zero-order chi connectivity index (χ0) is 9.68. The summed E-state index contributed by atoms with van der Waals surface area (Å²) in [7, 11) is 1.66. The van der Waals surface area contributed by atoms with Gasteiger partial charge in [-0.25, -0.2) is 4.68 Å². The van der Waals surface area contributed by atoms with Crippen molar-refractivity contribution < 1.29 is 9.53 Å². The van der Waals surface area contributed by atoms with Gasteiger partial charge in [-0.3, -0.25) is 4.79 Å². The van der Waals surface area contributed by atoms with E-state index in [1.807, 2.05) is 6.92 Å². The Morgan fingerprint density at radius 1 is 1.62 bits per heavy atom. The maximum Gasteiger partial charge on any atom is 0.172 e. The fourth-order valence-electron chi connectivity index (χ4n) is 1.05. The summed E-state index contributed by atoms with van der Waals surface area (Å²) in [5, 5.41) is 7.56. The summed E-state index contributed by atoms with van der Waals surface area (Å²) in [6, 6.07) is 0. The van der Waals surface area contributed by atoms with Crippen LogP contribution in [0.2, 0.25) is 0 Å². The molecule has 0 saturated carbocycles. The van der Waals surface area contributed by atoms with Crippen molar-refractivity contribution in [2.24, 2.45) is 0 Å². The van der Waals surface area contributed by atoms with Gasteiger partial charge in [0.05, 0.1) is 5.69 Å². The third-order valence-electron chi connectivity index (χ3n) is 1.85. The van der Waals surface area contributed by atoms with Gasteiger partial charge in [-0.15, -0.1) is 5.10 Å². The zero-order valence-corrected chi connectivity index (χ0v) is 7.86. The van der Waals surface area contributed by atoms with E-state index in [1.165, 1.54) is 0 Å². The summed E-state index contributed by atoms with van der Waals surface area (Å²) in [6.45, 7) is 3.26. The molecule has 0 N–H and O–H groups in total. The van der Waals surface area contributed by atoms with E-state index in [1.54, 1.807) is 11.8 Å². The second-order valence-electron chi connectivity index (χ2n) is 2.75. The summed E-state index contributed by atoms with van der Waals surface area (Å²) < 4.78 is 6.62. The molecule has 1 aromatic rings. The minimum Gasteiger partial charge on any atom is -0.385 e. The molecule has 1 aromatic heterocycles. The Bertz CT molecular complexity index is 283. The number of nitrogens with zero attached hydrogens (tertiary/aromatic N) is 3. The number of ether oxygens (including phenoxy) is 1. The first-order chi connectivity index (χ1) is 6.29. The Morgan fingerprint density at radius 2 is 2.38 bits per heavy atom. The highest BCUT2D eigenvalue weighted by molar-refractivity contribution is 5.72. The lowest BCUT2D eigenvalue weighted by molar-refractivity contribution is 0.111. The largest absolute Gasteiger partial charge is 0.385 e. The average molecular weight is 183 g/mol. The highest BCUT2D eigenvalue weighted by atomic mass is 16.5. The molecule has 0 spiro atoms. The maximum absolute atomic E-state index is 10.4. The lowest BCUT2D eigenvalue weighted by atomic mass is 10.3.